The van der Waals surface area contributed by atoms with Crippen LogP contribution in [0.1, 0.15) is 322 Å². The topological polar surface area (TPSA) is 149 Å². The lowest BCUT2D eigenvalue weighted by atomic mass is 9.99. The Kier molecular flexibility index (Phi) is 50.1. The number of hydrogen-bond acceptors (Lipinski definition) is 8. The first kappa shape index (κ1) is 67.9. The average molecular weight is 1010 g/mol. The van der Waals surface area contributed by atoms with Crippen molar-refractivity contribution in [3.63, 3.8) is 0 Å². The minimum Gasteiger partial charge on any atom is -0.394 e. The second-order valence-corrected chi connectivity index (χ2v) is 22.2. The molecule has 1 fully saturated rings. The third-order valence-electron chi connectivity index (χ3n) is 15.4. The molecule has 0 saturated carbocycles. The van der Waals surface area contributed by atoms with Gasteiger partial charge in [0.2, 0.25) is 5.91 Å². The smallest absolute Gasteiger partial charge is 0.220 e. The summed E-state index contributed by atoms with van der Waals surface area (Å²) in [6, 6.07) is -0.713. The number of carbonyl (C=O) groups excluding carboxylic acids is 1. The minimum atomic E-state index is -1.55. The Balaban J connectivity index is 1.97. The highest BCUT2D eigenvalue weighted by atomic mass is 16.7. The van der Waals surface area contributed by atoms with E-state index in [9.17, 15) is 30.3 Å². The predicted octanol–water partition coefficient (Wildman–Crippen LogP) is 16.0. The molecule has 0 aliphatic carbocycles. The van der Waals surface area contributed by atoms with Crippen LogP contribution in [-0.4, -0.2) is 87.5 Å². The Labute approximate surface area is 439 Å². The van der Waals surface area contributed by atoms with E-state index < -0.39 is 49.5 Å². The zero-order chi connectivity index (χ0) is 51.5. The van der Waals surface area contributed by atoms with Crippen molar-refractivity contribution in [2.75, 3.05) is 13.2 Å². The van der Waals surface area contributed by atoms with Crippen molar-refractivity contribution in [2.24, 2.45) is 0 Å². The number of amides is 1. The van der Waals surface area contributed by atoms with Crippen LogP contribution in [0.2, 0.25) is 0 Å². The summed E-state index contributed by atoms with van der Waals surface area (Å²) in [6.45, 7) is 3.84. The average Bonchev–Trinajstić information content (AvgIpc) is 3.37. The van der Waals surface area contributed by atoms with Gasteiger partial charge in [0.1, 0.15) is 24.4 Å². The number of nitrogens with one attached hydrogen (secondary N) is 1. The minimum absolute atomic E-state index is 0.134. The van der Waals surface area contributed by atoms with Gasteiger partial charge in [0.25, 0.3) is 0 Å². The molecule has 0 aromatic rings. The van der Waals surface area contributed by atoms with E-state index in [1.54, 1.807) is 0 Å². The molecular formula is C62H121NO8. The van der Waals surface area contributed by atoms with E-state index in [0.717, 1.165) is 38.5 Å². The molecule has 0 aromatic carbocycles. The van der Waals surface area contributed by atoms with Gasteiger partial charge in [-0.25, -0.2) is 0 Å². The standard InChI is InChI=1S/C62H121NO8/c1-3-5-7-9-11-13-14-15-16-17-18-19-20-21-22-23-24-25-26-27-28-29-30-31-32-33-34-35-36-37-38-39-40-41-42-44-46-48-50-52-58(66)63-55(56(65)51-49-47-45-43-12-10-8-6-4-2)54-70-62-61(69)60(68)59(67)57(53-64)71-62/h27-28,55-57,59-62,64-65,67-69H,3-26,29-54H2,1-2H3,(H,63,66)/b28-27-. The molecule has 0 spiro atoms. The maximum atomic E-state index is 13.0. The molecule has 0 radical (unpaired) electrons. The molecule has 9 nitrogen and oxygen atoms in total. The molecule has 1 aliphatic heterocycles. The highest BCUT2D eigenvalue weighted by Crippen LogP contribution is 2.23. The van der Waals surface area contributed by atoms with Crippen LogP contribution >= 0.6 is 0 Å². The monoisotopic (exact) mass is 1010 g/mol. The summed E-state index contributed by atoms with van der Waals surface area (Å²) in [5, 5.41) is 54.4. The molecule has 1 rings (SSSR count). The summed E-state index contributed by atoms with van der Waals surface area (Å²) < 4.78 is 11.3. The van der Waals surface area contributed by atoms with E-state index in [4.69, 9.17) is 9.47 Å². The van der Waals surface area contributed by atoms with Gasteiger partial charge in [0.05, 0.1) is 25.4 Å². The molecule has 7 unspecified atom stereocenters. The number of allylic oxidation sites excluding steroid dienone is 2. The summed E-state index contributed by atoms with van der Waals surface area (Å²) in [6.07, 6.45) is 58.8. The van der Waals surface area contributed by atoms with Gasteiger partial charge >= 0.3 is 0 Å². The fourth-order valence-electron chi connectivity index (χ4n) is 10.4. The van der Waals surface area contributed by atoms with Crippen LogP contribution in [0.3, 0.4) is 0 Å². The van der Waals surface area contributed by atoms with Gasteiger partial charge in [-0.15, -0.1) is 0 Å². The first-order chi connectivity index (χ1) is 34.8. The van der Waals surface area contributed by atoms with Crippen LogP contribution in [-0.2, 0) is 14.3 Å². The number of ether oxygens (including phenoxy) is 2. The summed E-state index contributed by atoms with van der Waals surface area (Å²) >= 11 is 0. The zero-order valence-electron chi connectivity index (χ0n) is 47.0. The summed E-state index contributed by atoms with van der Waals surface area (Å²) in [7, 11) is 0. The Morgan fingerprint density at radius 3 is 1.14 bits per heavy atom. The van der Waals surface area contributed by atoms with Crippen molar-refractivity contribution in [2.45, 2.75) is 365 Å². The highest BCUT2D eigenvalue weighted by Gasteiger charge is 2.44. The predicted molar refractivity (Wildman–Crippen MR) is 300 cm³/mol. The van der Waals surface area contributed by atoms with E-state index >= 15 is 0 Å². The van der Waals surface area contributed by atoms with Crippen molar-refractivity contribution in [1.29, 1.82) is 0 Å². The lowest BCUT2D eigenvalue weighted by molar-refractivity contribution is -0.302. The summed E-state index contributed by atoms with van der Waals surface area (Å²) in [5.74, 6) is -0.141. The quantitative estimate of drug-likeness (QED) is 0.0261. The molecular weight excluding hydrogens is 887 g/mol. The van der Waals surface area contributed by atoms with E-state index in [0.29, 0.717) is 12.8 Å². The van der Waals surface area contributed by atoms with Crippen LogP contribution < -0.4 is 5.32 Å². The van der Waals surface area contributed by atoms with Crippen LogP contribution in [0.5, 0.6) is 0 Å². The number of rotatable bonds is 55. The molecule has 1 saturated heterocycles. The molecule has 71 heavy (non-hydrogen) atoms. The van der Waals surface area contributed by atoms with Crippen LogP contribution in [0.4, 0.5) is 0 Å². The lowest BCUT2D eigenvalue weighted by Gasteiger charge is -2.40. The molecule has 9 heteroatoms. The van der Waals surface area contributed by atoms with E-state index in [1.165, 1.54) is 257 Å². The van der Waals surface area contributed by atoms with Crippen molar-refractivity contribution in [3.8, 4) is 0 Å². The molecule has 1 aliphatic rings. The van der Waals surface area contributed by atoms with Crippen LogP contribution in [0.25, 0.3) is 0 Å². The SMILES string of the molecule is CCCCCCCCCCCCCCCCCCCC/C=C\CCCCCCCCCCCCCCCCCCCC(=O)NC(COC1OC(CO)C(O)C(O)C1O)C(O)CCCCCCCCCCC. The molecule has 1 amide bonds. The van der Waals surface area contributed by atoms with Gasteiger partial charge in [-0.1, -0.05) is 289 Å². The third-order valence-corrected chi connectivity index (χ3v) is 15.4. The number of aliphatic hydroxyl groups is 5. The second-order valence-electron chi connectivity index (χ2n) is 22.2. The lowest BCUT2D eigenvalue weighted by Crippen LogP contribution is -2.60. The van der Waals surface area contributed by atoms with Crippen molar-refractivity contribution in [1.82, 2.24) is 5.32 Å². The fraction of sp³-hybridized carbons (Fsp3) is 0.952. The van der Waals surface area contributed by atoms with Crippen molar-refractivity contribution >= 4 is 5.91 Å². The van der Waals surface area contributed by atoms with Gasteiger partial charge in [-0.2, -0.15) is 0 Å². The van der Waals surface area contributed by atoms with Crippen LogP contribution in [0.15, 0.2) is 12.2 Å². The highest BCUT2D eigenvalue weighted by molar-refractivity contribution is 5.76. The number of hydrogen-bond donors (Lipinski definition) is 6. The number of aliphatic hydroxyl groups excluding tert-OH is 5. The third kappa shape index (κ3) is 41.8. The summed E-state index contributed by atoms with van der Waals surface area (Å²) in [4.78, 5) is 13.0. The maximum Gasteiger partial charge on any atom is 0.220 e. The molecule has 422 valence electrons. The Morgan fingerprint density at radius 1 is 0.465 bits per heavy atom. The van der Waals surface area contributed by atoms with Gasteiger partial charge in [-0.3, -0.25) is 4.79 Å². The van der Waals surface area contributed by atoms with Gasteiger partial charge < -0.3 is 40.3 Å². The Hall–Kier alpha value is -1.07. The molecule has 0 aromatic heterocycles. The van der Waals surface area contributed by atoms with Crippen molar-refractivity contribution < 1.29 is 39.8 Å². The van der Waals surface area contributed by atoms with E-state index in [1.807, 2.05) is 0 Å². The molecule has 0 bridgehead atoms. The summed E-state index contributed by atoms with van der Waals surface area (Å²) in [5.41, 5.74) is 0. The largest absolute Gasteiger partial charge is 0.394 e. The first-order valence-electron chi connectivity index (χ1n) is 31.4. The fourth-order valence-corrected chi connectivity index (χ4v) is 10.4. The first-order valence-corrected chi connectivity index (χ1v) is 31.4. The normalized spacial score (nSPS) is 19.2. The number of unbranched alkanes of at least 4 members (excludes halogenated alkanes) is 43. The van der Waals surface area contributed by atoms with E-state index in [2.05, 4.69) is 31.3 Å². The molecule has 1 heterocycles. The van der Waals surface area contributed by atoms with Gasteiger partial charge in [-0.05, 0) is 38.5 Å². The molecule has 6 N–H and O–H groups in total. The van der Waals surface area contributed by atoms with Gasteiger partial charge in [0, 0.05) is 6.42 Å². The Morgan fingerprint density at radius 2 is 0.789 bits per heavy atom. The van der Waals surface area contributed by atoms with Crippen LogP contribution in [0, 0.1) is 0 Å². The van der Waals surface area contributed by atoms with Gasteiger partial charge in [0.15, 0.2) is 6.29 Å². The molecule has 7 atom stereocenters. The second kappa shape index (κ2) is 52.4. The number of carbonyl (C=O) groups is 1. The maximum absolute atomic E-state index is 13.0. The zero-order valence-corrected chi connectivity index (χ0v) is 47.0. The van der Waals surface area contributed by atoms with E-state index in [-0.39, 0.29) is 12.5 Å². The Bertz CT molecular complexity index is 1120. The van der Waals surface area contributed by atoms with Crippen molar-refractivity contribution in [3.05, 3.63) is 12.2 Å².